The van der Waals surface area contributed by atoms with Gasteiger partial charge < -0.3 is 22.1 Å². The number of hydrogen-bond acceptors (Lipinski definition) is 5. The number of rotatable bonds is 21. The van der Waals surface area contributed by atoms with Crippen LogP contribution < -0.4 is 0 Å². The molecular weight excluding hydrogens is 376 g/mol. The first-order valence-corrected chi connectivity index (χ1v) is 15.8. The summed E-state index contributed by atoms with van der Waals surface area (Å²) in [5.41, 5.74) is 0. The van der Waals surface area contributed by atoms with Crippen LogP contribution >= 0.6 is 0 Å². The Kier molecular flexibility index (Phi) is 19.7. The van der Waals surface area contributed by atoms with Gasteiger partial charge in [0.1, 0.15) is 0 Å². The van der Waals surface area contributed by atoms with Crippen LogP contribution in [0.5, 0.6) is 0 Å². The normalized spacial score (nSPS) is 12.2. The maximum Gasteiger partial charge on any atom is 0.535 e. The van der Waals surface area contributed by atoms with E-state index in [1.807, 2.05) is 0 Å². The average Bonchev–Trinajstić information content (AvgIpc) is 2.67. The molecule has 0 aromatic carbocycles. The smallest absolute Gasteiger partial charge is 0.394 e. The number of unbranched alkanes of at least 4 members (excludes halogenated alkanes) is 5. The highest BCUT2D eigenvalue weighted by atomic mass is 29.3. The Labute approximate surface area is 171 Å². The molecular formula is C20H46O5Si2. The van der Waals surface area contributed by atoms with Gasteiger partial charge in [0.2, 0.25) is 0 Å². The van der Waals surface area contributed by atoms with Gasteiger partial charge in [-0.3, -0.25) is 0 Å². The minimum atomic E-state index is -2.94. The Balaban J connectivity index is 5.31. The Morgan fingerprint density at radius 2 is 0.778 bits per heavy atom. The lowest BCUT2D eigenvalue weighted by Crippen LogP contribution is -2.62. The van der Waals surface area contributed by atoms with E-state index in [9.17, 15) is 0 Å². The van der Waals surface area contributed by atoms with E-state index in [-0.39, 0.29) is 0 Å². The molecule has 0 aliphatic carbocycles. The van der Waals surface area contributed by atoms with Crippen LogP contribution in [0.25, 0.3) is 0 Å². The van der Waals surface area contributed by atoms with Crippen LogP contribution in [0.15, 0.2) is 0 Å². The fourth-order valence-corrected chi connectivity index (χ4v) is 9.76. The van der Waals surface area contributed by atoms with Gasteiger partial charge in [0.15, 0.2) is 0 Å². The van der Waals surface area contributed by atoms with Crippen molar-refractivity contribution in [3.8, 4) is 0 Å². The average molecular weight is 423 g/mol. The second kappa shape index (κ2) is 19.5. The Morgan fingerprint density at radius 1 is 0.481 bits per heavy atom. The molecule has 0 aliphatic rings. The van der Waals surface area contributed by atoms with Crippen molar-refractivity contribution < 1.29 is 22.1 Å². The maximum atomic E-state index is 6.39. The summed E-state index contributed by atoms with van der Waals surface area (Å²) in [5.74, 6) is 0. The molecule has 0 saturated carbocycles. The van der Waals surface area contributed by atoms with Crippen molar-refractivity contribution >= 4 is 17.1 Å². The van der Waals surface area contributed by atoms with E-state index in [1.54, 1.807) is 0 Å². The summed E-state index contributed by atoms with van der Waals surface area (Å²) in [6, 6.07) is 0. The van der Waals surface area contributed by atoms with E-state index in [2.05, 4.69) is 34.6 Å². The van der Waals surface area contributed by atoms with E-state index in [0.717, 1.165) is 64.2 Å². The molecule has 0 spiro atoms. The number of hydrogen-bond donors (Lipinski definition) is 0. The summed E-state index contributed by atoms with van der Waals surface area (Å²) in [6.45, 7) is 14.3. The molecule has 27 heavy (non-hydrogen) atoms. The van der Waals surface area contributed by atoms with Gasteiger partial charge in [0, 0.05) is 33.0 Å². The second-order valence-electron chi connectivity index (χ2n) is 6.99. The van der Waals surface area contributed by atoms with E-state index in [0.29, 0.717) is 33.0 Å². The van der Waals surface area contributed by atoms with Crippen LogP contribution in [0.4, 0.5) is 0 Å². The molecule has 0 atom stereocenters. The molecule has 0 saturated heterocycles. The molecule has 0 N–H and O–H groups in total. The summed E-state index contributed by atoms with van der Waals surface area (Å²) in [4.78, 5) is 0. The largest absolute Gasteiger partial charge is 0.535 e. The minimum Gasteiger partial charge on any atom is -0.394 e. The van der Waals surface area contributed by atoms with Gasteiger partial charge in [0.25, 0.3) is 0 Å². The van der Waals surface area contributed by atoms with E-state index >= 15 is 0 Å². The highest BCUT2D eigenvalue weighted by Crippen LogP contribution is 2.20. The standard InChI is InChI=1S/C20H46O5Si2/c1-6-11-16-21-26(22-17-12-7-2)27(23-18-13-8-3,24-19-14-9-4)25-20-15-10-5/h26H,6-20H2,1-5H3. The first-order valence-electron chi connectivity index (χ1n) is 11.4. The van der Waals surface area contributed by atoms with Gasteiger partial charge in [-0.2, -0.15) is 0 Å². The lowest BCUT2D eigenvalue weighted by Gasteiger charge is -2.34. The molecule has 0 aromatic rings. The van der Waals surface area contributed by atoms with E-state index in [4.69, 9.17) is 22.1 Å². The fourth-order valence-electron chi connectivity index (χ4n) is 2.33. The minimum absolute atomic E-state index is 0.665. The predicted molar refractivity (Wildman–Crippen MR) is 117 cm³/mol. The molecule has 0 heterocycles. The summed E-state index contributed by atoms with van der Waals surface area (Å²) in [6.07, 6.45) is 10.6. The molecule has 0 unspecified atom stereocenters. The van der Waals surface area contributed by atoms with Crippen molar-refractivity contribution in [2.75, 3.05) is 33.0 Å². The van der Waals surface area contributed by atoms with Crippen molar-refractivity contribution in [1.29, 1.82) is 0 Å². The molecule has 0 aliphatic heterocycles. The van der Waals surface area contributed by atoms with Crippen molar-refractivity contribution in [3.63, 3.8) is 0 Å². The topological polar surface area (TPSA) is 46.2 Å². The first kappa shape index (κ1) is 27.2. The molecule has 0 radical (unpaired) electrons. The van der Waals surface area contributed by atoms with Crippen molar-refractivity contribution in [2.45, 2.75) is 98.8 Å². The third kappa shape index (κ3) is 13.1. The molecule has 0 rings (SSSR count). The van der Waals surface area contributed by atoms with Crippen LogP contribution in [0.3, 0.4) is 0 Å². The quantitative estimate of drug-likeness (QED) is 0.185. The Hall–Kier alpha value is 0.234. The van der Waals surface area contributed by atoms with E-state index < -0.39 is 17.1 Å². The Bertz CT molecular complexity index is 272. The SMILES string of the molecule is CCCCO[SiH](OCCCC)[Si](OCCCC)(OCCCC)OCCCC. The molecule has 5 nitrogen and oxygen atoms in total. The lowest BCUT2D eigenvalue weighted by molar-refractivity contribution is 0.0566. The van der Waals surface area contributed by atoms with Gasteiger partial charge in [-0.15, -0.1) is 0 Å². The van der Waals surface area contributed by atoms with Gasteiger partial charge in [-0.1, -0.05) is 66.7 Å². The summed E-state index contributed by atoms with van der Waals surface area (Å²) in [7, 11) is -5.15. The van der Waals surface area contributed by atoms with Gasteiger partial charge >= 0.3 is 17.1 Å². The fraction of sp³-hybridized carbons (Fsp3) is 1.00. The zero-order valence-electron chi connectivity index (χ0n) is 18.7. The summed E-state index contributed by atoms with van der Waals surface area (Å²) >= 11 is 0. The first-order chi connectivity index (χ1) is 13.2. The Morgan fingerprint density at radius 3 is 1.07 bits per heavy atom. The predicted octanol–water partition coefficient (Wildman–Crippen LogP) is 5.31. The van der Waals surface area contributed by atoms with Crippen molar-refractivity contribution in [3.05, 3.63) is 0 Å². The van der Waals surface area contributed by atoms with Crippen molar-refractivity contribution in [1.82, 2.24) is 0 Å². The maximum absolute atomic E-state index is 6.39. The van der Waals surface area contributed by atoms with E-state index in [1.165, 1.54) is 0 Å². The van der Waals surface area contributed by atoms with Crippen LogP contribution in [0, 0.1) is 0 Å². The second-order valence-corrected chi connectivity index (χ2v) is 13.9. The summed E-state index contributed by atoms with van der Waals surface area (Å²) in [5, 5.41) is 0. The highest BCUT2D eigenvalue weighted by Gasteiger charge is 2.55. The van der Waals surface area contributed by atoms with Crippen LogP contribution in [-0.4, -0.2) is 50.2 Å². The molecule has 0 aromatic heterocycles. The van der Waals surface area contributed by atoms with Gasteiger partial charge in [0.05, 0.1) is 0 Å². The zero-order chi connectivity index (χ0) is 20.2. The van der Waals surface area contributed by atoms with Crippen LogP contribution in [0.2, 0.25) is 0 Å². The third-order valence-electron chi connectivity index (χ3n) is 4.23. The molecule has 0 fully saturated rings. The van der Waals surface area contributed by atoms with Gasteiger partial charge in [-0.05, 0) is 32.1 Å². The molecule has 0 bridgehead atoms. The third-order valence-corrected chi connectivity index (χ3v) is 11.9. The van der Waals surface area contributed by atoms with Crippen LogP contribution in [0.1, 0.15) is 98.8 Å². The molecule has 7 heteroatoms. The lowest BCUT2D eigenvalue weighted by atomic mass is 10.4. The summed E-state index contributed by atoms with van der Waals surface area (Å²) < 4.78 is 31.8. The zero-order valence-corrected chi connectivity index (χ0v) is 20.9. The molecule has 0 amide bonds. The highest BCUT2D eigenvalue weighted by molar-refractivity contribution is 7.19. The van der Waals surface area contributed by atoms with Crippen LogP contribution in [-0.2, 0) is 22.1 Å². The van der Waals surface area contributed by atoms with Crippen molar-refractivity contribution in [2.24, 2.45) is 0 Å². The van der Waals surface area contributed by atoms with Gasteiger partial charge in [-0.25, -0.2) is 0 Å². The molecule has 164 valence electrons. The monoisotopic (exact) mass is 422 g/mol.